The Labute approximate surface area is 90.5 Å². The Morgan fingerprint density at radius 3 is 2.67 bits per heavy atom. The van der Waals surface area contributed by atoms with Gasteiger partial charge in [-0.05, 0) is 38.5 Å². The van der Waals surface area contributed by atoms with Crippen molar-refractivity contribution in [1.82, 2.24) is 5.32 Å². The topological polar surface area (TPSA) is 64.3 Å². The molecule has 1 atom stereocenters. The van der Waals surface area contributed by atoms with E-state index in [1.165, 1.54) is 6.42 Å². The number of rotatable bonds is 3. The molecule has 0 radical (unpaired) electrons. The third-order valence-corrected chi connectivity index (χ3v) is 3.56. The van der Waals surface area contributed by atoms with E-state index in [2.05, 4.69) is 5.32 Å². The van der Waals surface area contributed by atoms with E-state index in [9.17, 15) is 4.79 Å². The Morgan fingerprint density at radius 1 is 1.40 bits per heavy atom. The molecule has 0 aromatic carbocycles. The van der Waals surface area contributed by atoms with Crippen LogP contribution in [0.1, 0.15) is 38.5 Å². The summed E-state index contributed by atoms with van der Waals surface area (Å²) in [5.41, 5.74) is 5.58. The molecule has 0 aromatic heterocycles. The Morgan fingerprint density at radius 2 is 2.20 bits per heavy atom. The molecule has 1 aliphatic carbocycles. The summed E-state index contributed by atoms with van der Waals surface area (Å²) in [7, 11) is 0. The van der Waals surface area contributed by atoms with Crippen LogP contribution in [-0.4, -0.2) is 30.7 Å². The van der Waals surface area contributed by atoms with E-state index in [0.717, 1.165) is 32.1 Å². The van der Waals surface area contributed by atoms with E-state index in [4.69, 9.17) is 10.5 Å². The van der Waals surface area contributed by atoms with Crippen molar-refractivity contribution in [1.29, 1.82) is 0 Å². The predicted molar refractivity (Wildman–Crippen MR) is 57.4 cm³/mol. The van der Waals surface area contributed by atoms with Crippen molar-refractivity contribution >= 4 is 5.91 Å². The van der Waals surface area contributed by atoms with Gasteiger partial charge in [0.25, 0.3) is 0 Å². The highest BCUT2D eigenvalue weighted by Gasteiger charge is 2.38. The second-order valence-corrected chi connectivity index (χ2v) is 4.68. The minimum atomic E-state index is -0.234. The first kappa shape index (κ1) is 10.9. The zero-order valence-corrected chi connectivity index (χ0v) is 9.13. The van der Waals surface area contributed by atoms with Gasteiger partial charge in [-0.2, -0.15) is 0 Å². The van der Waals surface area contributed by atoms with Crippen molar-refractivity contribution in [3.8, 4) is 0 Å². The van der Waals surface area contributed by atoms with Gasteiger partial charge in [-0.25, -0.2) is 0 Å². The van der Waals surface area contributed by atoms with Crippen LogP contribution in [0.15, 0.2) is 0 Å². The lowest BCUT2D eigenvalue weighted by molar-refractivity contribution is -0.138. The third-order valence-electron chi connectivity index (χ3n) is 3.56. The molecule has 1 amide bonds. The molecule has 0 spiro atoms. The van der Waals surface area contributed by atoms with Crippen LogP contribution in [0.5, 0.6) is 0 Å². The van der Waals surface area contributed by atoms with Crippen LogP contribution in [0, 0.1) is 0 Å². The van der Waals surface area contributed by atoms with Gasteiger partial charge in [0.05, 0.1) is 5.54 Å². The summed E-state index contributed by atoms with van der Waals surface area (Å²) < 4.78 is 5.45. The van der Waals surface area contributed by atoms with Gasteiger partial charge < -0.3 is 15.8 Å². The first-order chi connectivity index (χ1) is 7.26. The van der Waals surface area contributed by atoms with Gasteiger partial charge in [0, 0.05) is 13.2 Å². The van der Waals surface area contributed by atoms with Crippen LogP contribution in [0.4, 0.5) is 0 Å². The van der Waals surface area contributed by atoms with Gasteiger partial charge >= 0.3 is 0 Å². The fourth-order valence-corrected chi connectivity index (χ4v) is 2.27. The summed E-state index contributed by atoms with van der Waals surface area (Å²) in [6.07, 6.45) is 5.99. The molecule has 0 aromatic rings. The standard InChI is InChI=1S/C11H20N2O2/c12-8-11(5-3-6-11)13-10(14)9-4-1-2-7-15-9/h9H,1-8,12H2,(H,13,14). The number of nitrogens with two attached hydrogens (primary N) is 1. The molecule has 3 N–H and O–H groups in total. The molecule has 15 heavy (non-hydrogen) atoms. The van der Waals surface area contributed by atoms with E-state index in [1.54, 1.807) is 0 Å². The smallest absolute Gasteiger partial charge is 0.249 e. The van der Waals surface area contributed by atoms with Gasteiger partial charge in [-0.3, -0.25) is 4.79 Å². The largest absolute Gasteiger partial charge is 0.368 e. The lowest BCUT2D eigenvalue weighted by Crippen LogP contribution is -2.60. The maximum atomic E-state index is 11.9. The molecule has 2 aliphatic rings. The van der Waals surface area contributed by atoms with Crippen molar-refractivity contribution in [2.45, 2.75) is 50.2 Å². The predicted octanol–water partition coefficient (Wildman–Crippen LogP) is 0.553. The molecule has 2 fully saturated rings. The minimum Gasteiger partial charge on any atom is -0.368 e. The number of carbonyl (C=O) groups is 1. The quantitative estimate of drug-likeness (QED) is 0.718. The zero-order chi connectivity index (χ0) is 10.7. The van der Waals surface area contributed by atoms with Gasteiger partial charge in [0.2, 0.25) is 5.91 Å². The molecule has 0 bridgehead atoms. The fourth-order valence-electron chi connectivity index (χ4n) is 2.27. The summed E-state index contributed by atoms with van der Waals surface area (Å²) in [6.45, 7) is 1.26. The van der Waals surface area contributed by atoms with E-state index in [1.807, 2.05) is 0 Å². The highest BCUT2D eigenvalue weighted by atomic mass is 16.5. The molecule has 1 saturated carbocycles. The number of hydrogen-bond donors (Lipinski definition) is 2. The molecular formula is C11H20N2O2. The minimum absolute atomic E-state index is 0.0415. The van der Waals surface area contributed by atoms with E-state index in [0.29, 0.717) is 13.2 Å². The van der Waals surface area contributed by atoms with Crippen LogP contribution in [0.25, 0.3) is 0 Å². The molecule has 2 rings (SSSR count). The van der Waals surface area contributed by atoms with E-state index < -0.39 is 0 Å². The Bertz CT molecular complexity index is 227. The van der Waals surface area contributed by atoms with Gasteiger partial charge in [-0.15, -0.1) is 0 Å². The molecule has 1 aliphatic heterocycles. The van der Waals surface area contributed by atoms with Crippen molar-refractivity contribution < 1.29 is 9.53 Å². The molecule has 1 heterocycles. The summed E-state index contributed by atoms with van der Waals surface area (Å²) in [5, 5.41) is 3.06. The average Bonchev–Trinajstić information content (AvgIpc) is 2.24. The maximum absolute atomic E-state index is 11.9. The molecule has 86 valence electrons. The van der Waals surface area contributed by atoms with Crippen molar-refractivity contribution in [2.24, 2.45) is 5.73 Å². The van der Waals surface area contributed by atoms with Gasteiger partial charge in [0.15, 0.2) is 0 Å². The number of carbonyl (C=O) groups excluding carboxylic acids is 1. The Hall–Kier alpha value is -0.610. The highest BCUT2D eigenvalue weighted by Crippen LogP contribution is 2.31. The molecule has 1 unspecified atom stereocenters. The van der Waals surface area contributed by atoms with Crippen molar-refractivity contribution in [2.75, 3.05) is 13.2 Å². The van der Waals surface area contributed by atoms with Gasteiger partial charge in [-0.1, -0.05) is 0 Å². The summed E-state index contributed by atoms with van der Waals surface area (Å²) in [5.74, 6) is 0.0415. The summed E-state index contributed by atoms with van der Waals surface area (Å²) in [4.78, 5) is 11.9. The van der Waals surface area contributed by atoms with Crippen molar-refractivity contribution in [3.63, 3.8) is 0 Å². The first-order valence-corrected chi connectivity index (χ1v) is 5.89. The summed E-state index contributed by atoms with van der Waals surface area (Å²) in [6, 6.07) is 0. The second-order valence-electron chi connectivity index (χ2n) is 4.68. The molecule has 4 nitrogen and oxygen atoms in total. The third kappa shape index (κ3) is 2.32. The molecule has 4 heteroatoms. The summed E-state index contributed by atoms with van der Waals surface area (Å²) >= 11 is 0. The molecule has 1 saturated heterocycles. The maximum Gasteiger partial charge on any atom is 0.249 e. The molecular weight excluding hydrogens is 192 g/mol. The number of amides is 1. The Balaban J connectivity index is 1.85. The fraction of sp³-hybridized carbons (Fsp3) is 0.909. The van der Waals surface area contributed by atoms with Crippen LogP contribution in [-0.2, 0) is 9.53 Å². The normalized spacial score (nSPS) is 29.3. The first-order valence-electron chi connectivity index (χ1n) is 5.89. The number of hydrogen-bond acceptors (Lipinski definition) is 3. The van der Waals surface area contributed by atoms with E-state index >= 15 is 0 Å². The SMILES string of the molecule is NCC1(NC(=O)C2CCCCO2)CCC1. The monoisotopic (exact) mass is 212 g/mol. The second kappa shape index (κ2) is 4.49. The van der Waals surface area contributed by atoms with Crippen LogP contribution >= 0.6 is 0 Å². The van der Waals surface area contributed by atoms with Crippen molar-refractivity contribution in [3.05, 3.63) is 0 Å². The lowest BCUT2D eigenvalue weighted by Gasteiger charge is -2.42. The van der Waals surface area contributed by atoms with Crippen LogP contribution < -0.4 is 11.1 Å². The van der Waals surface area contributed by atoms with E-state index in [-0.39, 0.29) is 17.6 Å². The number of nitrogens with one attached hydrogen (secondary N) is 1. The van der Waals surface area contributed by atoms with Crippen LogP contribution in [0.2, 0.25) is 0 Å². The zero-order valence-electron chi connectivity index (χ0n) is 9.13. The number of ether oxygens (including phenoxy) is 1. The Kier molecular flexibility index (Phi) is 3.26. The highest BCUT2D eigenvalue weighted by molar-refractivity contribution is 5.81. The van der Waals surface area contributed by atoms with Crippen LogP contribution in [0.3, 0.4) is 0 Å². The average molecular weight is 212 g/mol. The lowest BCUT2D eigenvalue weighted by atomic mass is 9.76. The van der Waals surface area contributed by atoms with Gasteiger partial charge in [0.1, 0.15) is 6.10 Å².